The quantitative estimate of drug-likeness (QED) is 0.600. The number of nitriles is 1. The van der Waals surface area contributed by atoms with Crippen LogP contribution in [0.25, 0.3) is 5.69 Å². The minimum atomic E-state index is -5.01. The van der Waals surface area contributed by atoms with E-state index >= 15 is 0 Å². The van der Waals surface area contributed by atoms with Crippen molar-refractivity contribution in [1.29, 1.82) is 5.26 Å². The van der Waals surface area contributed by atoms with E-state index in [0.29, 0.717) is 4.68 Å². The molecule has 4 nitrogen and oxygen atoms in total. The summed E-state index contributed by atoms with van der Waals surface area (Å²) in [5.41, 5.74) is -2.02. The third-order valence-electron chi connectivity index (χ3n) is 2.75. The summed E-state index contributed by atoms with van der Waals surface area (Å²) in [4.78, 5) is -0.465. The van der Waals surface area contributed by atoms with Gasteiger partial charge in [0.15, 0.2) is 10.3 Å². The van der Waals surface area contributed by atoms with Gasteiger partial charge in [-0.2, -0.15) is 18.4 Å². The van der Waals surface area contributed by atoms with Crippen LogP contribution in [0.15, 0.2) is 24.3 Å². The molecular formula is C12H7F4N3OS. The van der Waals surface area contributed by atoms with Gasteiger partial charge in [0.2, 0.25) is 0 Å². The smallest absolute Gasteiger partial charge is 0.211 e. The molecule has 0 fully saturated rings. The van der Waals surface area contributed by atoms with Gasteiger partial charge in [-0.3, -0.25) is 0 Å². The first-order valence-electron chi connectivity index (χ1n) is 5.52. The van der Waals surface area contributed by atoms with Gasteiger partial charge in [-0.15, -0.1) is 0 Å². The first-order valence-corrected chi connectivity index (χ1v) is 6.26. The maximum Gasteiger partial charge on any atom is 0.422 e. The lowest BCUT2D eigenvalue weighted by atomic mass is 10.2. The Labute approximate surface area is 119 Å². The molecular weight excluding hydrogens is 310 g/mol. The summed E-state index contributed by atoms with van der Waals surface area (Å²) in [6.45, 7) is 1.74. The van der Waals surface area contributed by atoms with Crippen molar-refractivity contribution in [3.8, 4) is 11.8 Å². The van der Waals surface area contributed by atoms with Crippen LogP contribution < -0.4 is 0 Å². The highest BCUT2D eigenvalue weighted by molar-refractivity contribution is 7.56. The highest BCUT2D eigenvalue weighted by Crippen LogP contribution is 2.34. The van der Waals surface area contributed by atoms with Gasteiger partial charge < -0.3 is 0 Å². The molecule has 1 aromatic carbocycles. The van der Waals surface area contributed by atoms with Crippen molar-refractivity contribution in [2.45, 2.75) is 13.1 Å². The number of hydrogen-bond donors (Lipinski definition) is 0. The van der Waals surface area contributed by atoms with Gasteiger partial charge in [0.05, 0.1) is 5.69 Å². The van der Waals surface area contributed by atoms with E-state index in [4.69, 9.17) is 5.26 Å². The van der Waals surface area contributed by atoms with Gasteiger partial charge in [0, 0.05) is 0 Å². The summed E-state index contributed by atoms with van der Waals surface area (Å²) in [5, 5.41) is 8.75. The van der Waals surface area contributed by atoms with Crippen molar-refractivity contribution >= 4 is 11.3 Å². The van der Waals surface area contributed by atoms with Crippen LogP contribution in [0.5, 0.6) is 0 Å². The molecule has 9 heteroatoms. The van der Waals surface area contributed by atoms with Gasteiger partial charge in [0.1, 0.15) is 22.9 Å². The molecule has 0 amide bonds. The first-order chi connectivity index (χ1) is 9.81. The molecule has 0 unspecified atom stereocenters. The van der Waals surface area contributed by atoms with Crippen LogP contribution in [0, 0.1) is 22.9 Å². The largest absolute Gasteiger partial charge is 0.422 e. The van der Waals surface area contributed by atoms with E-state index in [-0.39, 0.29) is 5.69 Å². The topological polar surface area (TPSA) is 50.7 Å². The molecule has 0 spiro atoms. The second-order valence-electron chi connectivity index (χ2n) is 4.13. The highest BCUT2D eigenvalue weighted by Gasteiger charge is 2.40. The summed E-state index contributed by atoms with van der Waals surface area (Å²) in [6, 6.07) is 6.95. The minimum absolute atomic E-state index is 0.00782. The van der Waals surface area contributed by atoms with Crippen LogP contribution in [0.3, 0.4) is 0 Å². The van der Waals surface area contributed by atoms with Crippen LogP contribution in [0.1, 0.15) is 16.8 Å². The molecule has 0 aliphatic rings. The number of benzene rings is 1. The van der Waals surface area contributed by atoms with Crippen molar-refractivity contribution in [3.63, 3.8) is 0 Å². The molecule has 110 valence electrons. The Morgan fingerprint density at radius 2 is 1.81 bits per heavy atom. The Bertz CT molecular complexity index is 820. The van der Waals surface area contributed by atoms with Crippen molar-refractivity contribution < 1.29 is 21.9 Å². The number of aryl methyl sites for hydroxylation is 1. The van der Waals surface area contributed by atoms with Crippen molar-refractivity contribution in [3.05, 3.63) is 45.7 Å². The Balaban J connectivity index is 2.93. The average Bonchev–Trinajstić information content (AvgIpc) is 2.71. The second-order valence-corrected chi connectivity index (χ2v) is 4.68. The lowest BCUT2D eigenvalue weighted by molar-refractivity contribution is -0.138. The molecule has 2 aromatic rings. The van der Waals surface area contributed by atoms with Gasteiger partial charge >= 0.3 is 6.18 Å². The average molecular weight is 317 g/mol. The zero-order chi connectivity index (χ0) is 15.8. The molecule has 0 radical (unpaired) electrons. The Morgan fingerprint density at radius 1 is 1.24 bits per heavy atom. The molecule has 0 N–H and O–H groups in total. The normalized spacial score (nSPS) is 11.2. The molecule has 2 rings (SSSR count). The lowest BCUT2D eigenvalue weighted by Gasteiger charge is -2.05. The summed E-state index contributed by atoms with van der Waals surface area (Å²) in [5.74, 6) is 0. The molecule has 0 atom stereocenters. The summed E-state index contributed by atoms with van der Waals surface area (Å²) in [6.07, 6.45) is -5.01. The molecule has 21 heavy (non-hydrogen) atoms. The minimum Gasteiger partial charge on any atom is -0.211 e. The number of aromatic nitrogens is 2. The van der Waals surface area contributed by atoms with Gasteiger partial charge in [0.25, 0.3) is 0 Å². The van der Waals surface area contributed by atoms with Crippen LogP contribution in [0.4, 0.5) is 17.7 Å². The third kappa shape index (κ3) is 2.50. The molecule has 0 saturated carbocycles. The van der Waals surface area contributed by atoms with Crippen LogP contribution in [-0.4, -0.2) is 13.8 Å². The first kappa shape index (κ1) is 15.1. The highest BCUT2D eigenvalue weighted by atomic mass is 32.1. The Kier molecular flexibility index (Phi) is 3.74. The van der Waals surface area contributed by atoms with Crippen LogP contribution >= 0.6 is 0 Å². The van der Waals surface area contributed by atoms with Crippen molar-refractivity contribution in [2.75, 3.05) is 0 Å². The van der Waals surface area contributed by atoms with E-state index in [1.807, 2.05) is 0 Å². The second kappa shape index (κ2) is 5.21. The molecule has 0 bridgehead atoms. The predicted molar refractivity (Wildman–Crippen MR) is 66.1 cm³/mol. The maximum atomic E-state index is 14.1. The number of alkyl halides is 3. The number of rotatable bonds is 1. The number of nitrogens with zero attached hydrogens (tertiary/aromatic N) is 3. The van der Waals surface area contributed by atoms with Crippen LogP contribution in [-0.2, 0) is 17.4 Å². The monoisotopic (exact) mass is 317 g/mol. The number of halogens is 4. The zero-order valence-electron chi connectivity index (χ0n) is 10.5. The fourth-order valence-electron chi connectivity index (χ4n) is 1.81. The Morgan fingerprint density at radius 3 is 2.24 bits per heavy atom. The van der Waals surface area contributed by atoms with E-state index in [0.717, 1.165) is 11.6 Å². The van der Waals surface area contributed by atoms with Gasteiger partial charge in [-0.25, -0.2) is 8.89 Å². The summed E-state index contributed by atoms with van der Waals surface area (Å²) >= 11 is -0.521. The molecule has 1 aromatic heterocycles. The number of hydrogen-bond acceptors (Lipinski definition) is 2. The molecule has 0 saturated heterocycles. The van der Waals surface area contributed by atoms with Crippen LogP contribution in [0.2, 0.25) is 0 Å². The standard InChI is InChI=1S/C12H7F4N3OS/c1-7-2-4-8(5-3-7)18-11(21-20)10(12(13,14)15)9(6-17)19(18)16/h2-5H,1H3. The van der Waals surface area contributed by atoms with E-state index in [9.17, 15) is 21.9 Å². The van der Waals surface area contributed by atoms with E-state index in [1.165, 1.54) is 12.1 Å². The third-order valence-corrected chi connectivity index (χ3v) is 3.28. The van der Waals surface area contributed by atoms with Crippen molar-refractivity contribution in [1.82, 2.24) is 9.59 Å². The molecule has 1 heterocycles. The lowest BCUT2D eigenvalue weighted by Crippen LogP contribution is -2.07. The summed E-state index contributed by atoms with van der Waals surface area (Å²) < 4.78 is 63.5. The Hall–Kier alpha value is -2.34. The summed E-state index contributed by atoms with van der Waals surface area (Å²) in [7, 11) is 0. The fourth-order valence-corrected chi connectivity index (χ4v) is 2.36. The zero-order valence-corrected chi connectivity index (χ0v) is 11.3. The van der Waals surface area contributed by atoms with E-state index in [2.05, 4.69) is 0 Å². The van der Waals surface area contributed by atoms with Gasteiger partial charge in [-0.05, 0) is 19.1 Å². The van der Waals surface area contributed by atoms with Crippen molar-refractivity contribution in [2.24, 2.45) is 0 Å². The molecule has 0 aliphatic heterocycles. The maximum absolute atomic E-state index is 14.1. The van der Waals surface area contributed by atoms with E-state index < -0.39 is 38.2 Å². The SMILES string of the molecule is Cc1ccc(-n2c(=S=O)c(C(F)(F)F)c(C#N)n2F)cc1. The van der Waals surface area contributed by atoms with Gasteiger partial charge in [-0.1, -0.05) is 27.1 Å². The fraction of sp³-hybridized carbons (Fsp3) is 0.167. The predicted octanol–water partition coefficient (Wildman–Crippen LogP) is 2.96. The van der Waals surface area contributed by atoms with E-state index in [1.54, 1.807) is 19.1 Å². The molecule has 0 aliphatic carbocycles.